The predicted molar refractivity (Wildman–Crippen MR) is 140 cm³/mol. The van der Waals surface area contributed by atoms with Crippen molar-refractivity contribution in [3.63, 3.8) is 0 Å². The second-order valence-corrected chi connectivity index (χ2v) is 10.6. The molecule has 0 radical (unpaired) electrons. The Morgan fingerprint density at radius 3 is 2.38 bits per heavy atom. The van der Waals surface area contributed by atoms with Crippen LogP contribution in [0.5, 0.6) is 0 Å². The van der Waals surface area contributed by atoms with E-state index in [1.807, 2.05) is 60.7 Å². The molecule has 0 bridgehead atoms. The number of imide groups is 1. The first-order chi connectivity index (χ1) is 17.9. The van der Waals surface area contributed by atoms with Gasteiger partial charge in [0.2, 0.25) is 11.8 Å². The molecule has 0 aliphatic carbocycles. The summed E-state index contributed by atoms with van der Waals surface area (Å²) in [6, 6.07) is 23.8. The molecule has 0 unspecified atom stereocenters. The Hall–Kier alpha value is -4.10. The van der Waals surface area contributed by atoms with Gasteiger partial charge in [-0.05, 0) is 42.7 Å². The Balaban J connectivity index is 1.53. The molecule has 37 heavy (non-hydrogen) atoms. The van der Waals surface area contributed by atoms with Gasteiger partial charge in [-0.25, -0.2) is 9.88 Å². The summed E-state index contributed by atoms with van der Waals surface area (Å²) >= 11 is 0. The van der Waals surface area contributed by atoms with Crippen LogP contribution in [-0.4, -0.2) is 27.4 Å². The third-order valence-corrected chi connectivity index (χ3v) is 8.10. The number of amides is 2. The lowest BCUT2D eigenvalue weighted by molar-refractivity contribution is -0.123. The van der Waals surface area contributed by atoms with Crippen LogP contribution in [0.4, 0.5) is 5.69 Å². The van der Waals surface area contributed by atoms with Crippen molar-refractivity contribution in [3.05, 3.63) is 101 Å². The summed E-state index contributed by atoms with van der Waals surface area (Å²) in [5.41, 5.74) is 1.39. The second-order valence-electron chi connectivity index (χ2n) is 10.6. The van der Waals surface area contributed by atoms with Gasteiger partial charge in [0.05, 0.1) is 34.1 Å². The lowest BCUT2D eigenvalue weighted by Gasteiger charge is -2.32. The number of para-hydroxylation sites is 3. The minimum Gasteiger partial charge on any atom is -0.297 e. The van der Waals surface area contributed by atoms with Crippen LogP contribution in [-0.2, 0) is 15.1 Å². The van der Waals surface area contributed by atoms with E-state index in [2.05, 4.69) is 19.2 Å². The Labute approximate surface area is 213 Å². The van der Waals surface area contributed by atoms with Gasteiger partial charge < -0.3 is 0 Å². The summed E-state index contributed by atoms with van der Waals surface area (Å²) in [7, 11) is 0. The van der Waals surface area contributed by atoms with Crippen molar-refractivity contribution in [2.45, 2.75) is 31.8 Å². The van der Waals surface area contributed by atoms with E-state index in [4.69, 9.17) is 4.98 Å². The average Bonchev–Trinajstić information content (AvgIpc) is 3.47. The van der Waals surface area contributed by atoms with Crippen LogP contribution >= 0.6 is 0 Å². The fraction of sp³-hybridized carbons (Fsp3) is 0.267. The predicted octanol–water partition coefficient (Wildman–Crippen LogP) is 3.77. The van der Waals surface area contributed by atoms with E-state index in [-0.39, 0.29) is 23.4 Å². The molecule has 2 saturated heterocycles. The van der Waals surface area contributed by atoms with Crippen molar-refractivity contribution >= 4 is 28.4 Å². The molecule has 184 valence electrons. The molecule has 0 saturated carbocycles. The van der Waals surface area contributed by atoms with Gasteiger partial charge >= 0.3 is 0 Å². The zero-order valence-electron chi connectivity index (χ0n) is 20.6. The monoisotopic (exact) mass is 490 g/mol. The highest BCUT2D eigenvalue weighted by Gasteiger charge is 2.69. The van der Waals surface area contributed by atoms with Crippen molar-refractivity contribution in [2.75, 3.05) is 4.90 Å². The van der Waals surface area contributed by atoms with Crippen molar-refractivity contribution in [1.29, 1.82) is 0 Å². The first-order valence-corrected chi connectivity index (χ1v) is 12.8. The number of rotatable bonds is 3. The smallest absolute Gasteiger partial charge is 0.266 e. The molecule has 7 nitrogen and oxygen atoms in total. The molecular formula is C30H26N4O3. The Kier molecular flexibility index (Phi) is 4.60. The number of benzene rings is 3. The average molecular weight is 491 g/mol. The third-order valence-electron chi connectivity index (χ3n) is 8.10. The summed E-state index contributed by atoms with van der Waals surface area (Å²) in [5.74, 6) is -0.981. The van der Waals surface area contributed by atoms with Crippen molar-refractivity contribution in [2.24, 2.45) is 17.8 Å². The van der Waals surface area contributed by atoms with E-state index in [0.29, 0.717) is 40.4 Å². The molecular weight excluding hydrogens is 464 g/mol. The molecule has 4 atom stereocenters. The van der Waals surface area contributed by atoms with Crippen molar-refractivity contribution in [1.82, 2.24) is 14.9 Å². The zero-order valence-corrected chi connectivity index (χ0v) is 20.6. The van der Waals surface area contributed by atoms with Crippen LogP contribution in [0.2, 0.25) is 0 Å². The highest BCUT2D eigenvalue weighted by Crippen LogP contribution is 2.56. The molecule has 3 aromatic carbocycles. The van der Waals surface area contributed by atoms with Gasteiger partial charge in [0.15, 0.2) is 0 Å². The number of nitrogens with one attached hydrogen (secondary N) is 1. The molecule has 2 fully saturated rings. The van der Waals surface area contributed by atoms with E-state index in [0.717, 1.165) is 5.56 Å². The number of hydrogen-bond acceptors (Lipinski definition) is 5. The lowest BCUT2D eigenvalue weighted by Crippen LogP contribution is -2.50. The number of carbonyl (C=O) groups is 2. The van der Waals surface area contributed by atoms with Crippen LogP contribution in [0.25, 0.3) is 16.6 Å². The summed E-state index contributed by atoms with van der Waals surface area (Å²) in [6.07, 6.45) is 0.713. The van der Waals surface area contributed by atoms with Gasteiger partial charge in [0.25, 0.3) is 5.56 Å². The number of hydrogen-bond donors (Lipinski definition) is 1. The van der Waals surface area contributed by atoms with Crippen LogP contribution in [0.3, 0.4) is 0 Å². The largest absolute Gasteiger partial charge is 0.297 e. The van der Waals surface area contributed by atoms with Gasteiger partial charge in [-0.3, -0.25) is 24.3 Å². The van der Waals surface area contributed by atoms with Gasteiger partial charge in [0.1, 0.15) is 11.4 Å². The molecule has 3 aliphatic rings. The second kappa shape index (κ2) is 7.70. The van der Waals surface area contributed by atoms with E-state index >= 15 is 0 Å². The van der Waals surface area contributed by atoms with Gasteiger partial charge in [-0.1, -0.05) is 62.4 Å². The van der Waals surface area contributed by atoms with E-state index in [1.54, 1.807) is 22.8 Å². The molecule has 1 N–H and O–H groups in total. The van der Waals surface area contributed by atoms with Crippen molar-refractivity contribution in [3.8, 4) is 5.69 Å². The third kappa shape index (κ3) is 2.80. The lowest BCUT2D eigenvalue weighted by atomic mass is 9.75. The number of nitrogens with zero attached hydrogens (tertiary/aromatic N) is 3. The Morgan fingerprint density at radius 1 is 0.892 bits per heavy atom. The summed E-state index contributed by atoms with van der Waals surface area (Å²) in [6.45, 7) is 4.23. The molecule has 7 heteroatoms. The maximum Gasteiger partial charge on any atom is 0.266 e. The maximum atomic E-state index is 14.3. The summed E-state index contributed by atoms with van der Waals surface area (Å²) < 4.78 is 1.64. The van der Waals surface area contributed by atoms with E-state index < -0.39 is 17.4 Å². The van der Waals surface area contributed by atoms with Crippen LogP contribution < -0.4 is 15.8 Å². The number of carbonyl (C=O) groups excluding carboxylic acids is 2. The summed E-state index contributed by atoms with van der Waals surface area (Å²) in [5, 5.41) is 4.27. The number of anilines is 1. The minimum atomic E-state index is -1.10. The number of fused-ring (bicyclic) bond motifs is 8. The summed E-state index contributed by atoms with van der Waals surface area (Å²) in [4.78, 5) is 48.5. The molecule has 1 spiro atoms. The van der Waals surface area contributed by atoms with Crippen molar-refractivity contribution < 1.29 is 9.59 Å². The SMILES string of the molecule is CC(C)C[C@H]1N[C@@]2(c3ccccc3-n3c2nc2ccccc2c3=O)[C@H]2C(=O)N(c3ccccc3)C(=O)[C@@H]12. The Bertz CT molecular complexity index is 1660. The quantitative estimate of drug-likeness (QED) is 0.442. The maximum absolute atomic E-state index is 14.3. The topological polar surface area (TPSA) is 84.3 Å². The highest BCUT2D eigenvalue weighted by atomic mass is 16.2. The van der Waals surface area contributed by atoms with E-state index in [9.17, 15) is 14.4 Å². The molecule has 4 heterocycles. The molecule has 2 amide bonds. The molecule has 4 aromatic rings. The minimum absolute atomic E-state index is 0.174. The molecule has 1 aromatic heterocycles. The standard InChI is InChI=1S/C30H26N4O3/c1-17(2)16-22-24-25(28(37)33(27(24)36)18-10-4-3-5-11-18)30(32-22)20-13-7-9-15-23(20)34-26(35)19-12-6-8-14-21(19)31-29(30)34/h3-15,17,22,24-25,32H,16H2,1-2H3/t22-,24+,25-,30+/m1/s1. The molecule has 3 aliphatic heterocycles. The van der Waals surface area contributed by atoms with Crippen LogP contribution in [0.15, 0.2) is 83.7 Å². The van der Waals surface area contributed by atoms with Gasteiger partial charge in [-0.15, -0.1) is 0 Å². The first kappa shape index (κ1) is 22.1. The van der Waals surface area contributed by atoms with E-state index in [1.165, 1.54) is 4.90 Å². The fourth-order valence-corrected chi connectivity index (χ4v) is 6.76. The normalized spacial score (nSPS) is 25.8. The first-order valence-electron chi connectivity index (χ1n) is 12.8. The van der Waals surface area contributed by atoms with Gasteiger partial charge in [-0.2, -0.15) is 0 Å². The van der Waals surface area contributed by atoms with Crippen LogP contribution in [0.1, 0.15) is 31.7 Å². The van der Waals surface area contributed by atoms with Gasteiger partial charge in [0, 0.05) is 11.6 Å². The highest BCUT2D eigenvalue weighted by molar-refractivity contribution is 6.23. The van der Waals surface area contributed by atoms with Crippen LogP contribution in [0, 0.1) is 17.8 Å². The fourth-order valence-electron chi connectivity index (χ4n) is 6.76. The Morgan fingerprint density at radius 2 is 1.59 bits per heavy atom. The zero-order chi connectivity index (χ0) is 25.5. The number of aromatic nitrogens is 2. The molecule has 7 rings (SSSR count).